The van der Waals surface area contributed by atoms with Gasteiger partial charge in [-0.25, -0.2) is 0 Å². The highest BCUT2D eigenvalue weighted by atomic mass is 16.1. The van der Waals surface area contributed by atoms with Crippen LogP contribution in [-0.4, -0.2) is 5.91 Å². The molecule has 3 aromatic rings. The maximum atomic E-state index is 13.1. The van der Waals surface area contributed by atoms with Crippen LogP contribution in [0.1, 0.15) is 71.2 Å². The van der Waals surface area contributed by atoms with Crippen molar-refractivity contribution in [2.75, 3.05) is 5.32 Å². The summed E-state index contributed by atoms with van der Waals surface area (Å²) in [7, 11) is 0. The molecule has 2 N–H and O–H groups in total. The number of carbonyl (C=O) groups is 1. The third-order valence-electron chi connectivity index (χ3n) is 8.16. The minimum Gasteiger partial charge on any atom is -0.378 e. The largest absolute Gasteiger partial charge is 0.378 e. The topological polar surface area (TPSA) is 41.1 Å². The van der Waals surface area contributed by atoms with Crippen LogP contribution in [0.4, 0.5) is 5.69 Å². The smallest absolute Gasteiger partial charge is 0.251 e. The summed E-state index contributed by atoms with van der Waals surface area (Å²) >= 11 is 0. The second-order valence-corrected chi connectivity index (χ2v) is 9.88. The van der Waals surface area contributed by atoms with Crippen LogP contribution in [-0.2, 0) is 0 Å². The summed E-state index contributed by atoms with van der Waals surface area (Å²) in [5.41, 5.74) is 5.85. The molecular weight excluding hydrogens is 392 g/mol. The lowest BCUT2D eigenvalue weighted by Gasteiger charge is -2.43. The zero-order valence-electron chi connectivity index (χ0n) is 18.5. The predicted octanol–water partition coefficient (Wildman–Crippen LogP) is 6.47. The van der Waals surface area contributed by atoms with Crippen molar-refractivity contribution in [2.24, 2.45) is 17.8 Å². The van der Waals surface area contributed by atoms with E-state index in [4.69, 9.17) is 0 Å². The van der Waals surface area contributed by atoms with Crippen LogP contribution in [0.15, 0.2) is 78.9 Å². The van der Waals surface area contributed by atoms with Gasteiger partial charge in [0.2, 0.25) is 0 Å². The van der Waals surface area contributed by atoms with E-state index in [1.165, 1.54) is 36.1 Å². The molecule has 0 aromatic heterocycles. The standard InChI is InChI=1S/C29H30N2O/c1-18(19-8-4-2-5-9-19)30-29(32)23-14-15-25-24(17-23)26-21-12-13-22(16-21)27(26)28(31-25)20-10-6-3-7-11-20/h2-11,14-15,17-18,21-22,26-28,31H,12-13,16H2,1H3,(H,30,32)/t18-,21+,22+,26+,27+,28-/m1/s1. The molecule has 0 saturated heterocycles. The number of amides is 1. The van der Waals surface area contributed by atoms with Gasteiger partial charge in [0.1, 0.15) is 0 Å². The zero-order valence-corrected chi connectivity index (χ0v) is 18.5. The molecular formula is C29H30N2O. The summed E-state index contributed by atoms with van der Waals surface area (Å²) in [4.78, 5) is 13.1. The number of fused-ring (bicyclic) bond motifs is 7. The van der Waals surface area contributed by atoms with Crippen molar-refractivity contribution in [3.63, 3.8) is 0 Å². The molecule has 3 heteroatoms. The fourth-order valence-electron chi connectivity index (χ4n) is 6.72. The fraction of sp³-hybridized carbons (Fsp3) is 0.345. The van der Waals surface area contributed by atoms with E-state index in [9.17, 15) is 4.79 Å². The van der Waals surface area contributed by atoms with E-state index >= 15 is 0 Å². The number of carbonyl (C=O) groups excluding carboxylic acids is 1. The van der Waals surface area contributed by atoms with Crippen LogP contribution in [0.5, 0.6) is 0 Å². The Labute approximate surface area is 190 Å². The molecule has 1 heterocycles. The van der Waals surface area contributed by atoms with Gasteiger partial charge in [-0.2, -0.15) is 0 Å². The van der Waals surface area contributed by atoms with Crippen LogP contribution in [0.2, 0.25) is 0 Å². The van der Waals surface area contributed by atoms with Crippen LogP contribution in [0.3, 0.4) is 0 Å². The Bertz CT molecular complexity index is 1130. The number of hydrogen-bond acceptors (Lipinski definition) is 2. The van der Waals surface area contributed by atoms with E-state index in [2.05, 4.69) is 65.2 Å². The van der Waals surface area contributed by atoms with Gasteiger partial charge in [-0.1, -0.05) is 60.7 Å². The summed E-state index contributed by atoms with van der Waals surface area (Å²) in [6.45, 7) is 2.05. The molecule has 0 unspecified atom stereocenters. The van der Waals surface area contributed by atoms with Gasteiger partial charge >= 0.3 is 0 Å². The number of hydrogen-bond donors (Lipinski definition) is 2. The molecule has 0 spiro atoms. The molecule has 2 saturated carbocycles. The van der Waals surface area contributed by atoms with Gasteiger partial charge in [0.25, 0.3) is 5.91 Å². The molecule has 1 amide bonds. The lowest BCUT2D eigenvalue weighted by Crippen LogP contribution is -2.36. The Morgan fingerprint density at radius 1 is 0.938 bits per heavy atom. The SMILES string of the molecule is C[C@@H](NC(=O)c1ccc2c(c1)[C@@H]1[C@H]3CC[C@@H](C3)[C@@H]1[C@@H](c1ccccc1)N2)c1ccccc1. The highest BCUT2D eigenvalue weighted by Gasteiger charge is 2.53. The van der Waals surface area contributed by atoms with Crippen LogP contribution in [0, 0.1) is 17.8 Å². The Kier molecular flexibility index (Phi) is 4.78. The fourth-order valence-corrected chi connectivity index (χ4v) is 6.72. The Balaban J connectivity index is 1.31. The Morgan fingerprint density at radius 3 is 2.44 bits per heavy atom. The van der Waals surface area contributed by atoms with E-state index < -0.39 is 0 Å². The van der Waals surface area contributed by atoms with E-state index in [0.29, 0.717) is 17.9 Å². The number of anilines is 1. The monoisotopic (exact) mass is 422 g/mol. The van der Waals surface area contributed by atoms with Gasteiger partial charge in [0, 0.05) is 11.3 Å². The van der Waals surface area contributed by atoms with Crippen molar-refractivity contribution in [3.05, 3.63) is 101 Å². The van der Waals surface area contributed by atoms with E-state index in [0.717, 1.165) is 23.0 Å². The number of rotatable bonds is 4. The molecule has 3 nitrogen and oxygen atoms in total. The maximum Gasteiger partial charge on any atom is 0.251 e. The summed E-state index contributed by atoms with van der Waals surface area (Å²) in [6.07, 6.45) is 4.01. The van der Waals surface area contributed by atoms with E-state index in [-0.39, 0.29) is 11.9 Å². The predicted molar refractivity (Wildman–Crippen MR) is 129 cm³/mol. The second kappa shape index (κ2) is 7.81. The highest BCUT2D eigenvalue weighted by molar-refractivity contribution is 5.95. The van der Waals surface area contributed by atoms with Gasteiger partial charge in [0.15, 0.2) is 0 Å². The van der Waals surface area contributed by atoms with Crippen LogP contribution < -0.4 is 10.6 Å². The van der Waals surface area contributed by atoms with Gasteiger partial charge < -0.3 is 10.6 Å². The quantitative estimate of drug-likeness (QED) is 0.506. The third-order valence-corrected chi connectivity index (χ3v) is 8.16. The summed E-state index contributed by atoms with van der Waals surface area (Å²) < 4.78 is 0. The lowest BCUT2D eigenvalue weighted by molar-refractivity contribution is 0.0939. The molecule has 162 valence electrons. The van der Waals surface area contributed by atoms with Crippen molar-refractivity contribution in [2.45, 2.75) is 44.2 Å². The molecule has 32 heavy (non-hydrogen) atoms. The molecule has 6 atom stereocenters. The van der Waals surface area contributed by atoms with E-state index in [1.807, 2.05) is 31.2 Å². The summed E-state index contributed by atoms with van der Waals surface area (Å²) in [5.74, 6) is 2.71. The molecule has 3 aliphatic rings. The van der Waals surface area contributed by atoms with Crippen molar-refractivity contribution in [1.29, 1.82) is 0 Å². The average molecular weight is 423 g/mol. The lowest BCUT2D eigenvalue weighted by atomic mass is 9.68. The first kappa shape index (κ1) is 19.6. The van der Waals surface area contributed by atoms with Crippen molar-refractivity contribution in [1.82, 2.24) is 5.32 Å². The van der Waals surface area contributed by atoms with Crippen molar-refractivity contribution >= 4 is 11.6 Å². The van der Waals surface area contributed by atoms with Crippen molar-refractivity contribution in [3.8, 4) is 0 Å². The molecule has 3 aromatic carbocycles. The first-order valence-electron chi connectivity index (χ1n) is 12.0. The molecule has 2 aliphatic carbocycles. The van der Waals surface area contributed by atoms with Gasteiger partial charge in [-0.05, 0) is 84.7 Å². The van der Waals surface area contributed by atoms with E-state index in [1.54, 1.807) is 0 Å². The van der Waals surface area contributed by atoms with Crippen LogP contribution >= 0.6 is 0 Å². The Morgan fingerprint density at radius 2 is 1.66 bits per heavy atom. The average Bonchev–Trinajstić information content (AvgIpc) is 3.47. The van der Waals surface area contributed by atoms with Gasteiger partial charge in [-0.3, -0.25) is 4.79 Å². The summed E-state index contributed by atoms with van der Waals surface area (Å²) in [6, 6.07) is 27.7. The van der Waals surface area contributed by atoms with Crippen LogP contribution in [0.25, 0.3) is 0 Å². The summed E-state index contributed by atoms with van der Waals surface area (Å²) in [5, 5.41) is 7.06. The second-order valence-electron chi connectivity index (χ2n) is 9.88. The molecule has 2 fully saturated rings. The molecule has 0 radical (unpaired) electrons. The van der Waals surface area contributed by atoms with Gasteiger partial charge in [0.05, 0.1) is 12.1 Å². The number of nitrogens with one attached hydrogen (secondary N) is 2. The maximum absolute atomic E-state index is 13.1. The normalized spacial score (nSPS) is 28.3. The molecule has 1 aliphatic heterocycles. The first-order chi connectivity index (χ1) is 15.7. The number of benzene rings is 3. The minimum atomic E-state index is -0.0180. The van der Waals surface area contributed by atoms with Gasteiger partial charge in [-0.15, -0.1) is 0 Å². The highest BCUT2D eigenvalue weighted by Crippen LogP contribution is 2.63. The Hall–Kier alpha value is -3.07. The molecule has 6 rings (SSSR count). The molecule has 2 bridgehead atoms. The third kappa shape index (κ3) is 3.23. The first-order valence-corrected chi connectivity index (χ1v) is 12.0. The minimum absolute atomic E-state index is 0.00837. The van der Waals surface area contributed by atoms with Crippen molar-refractivity contribution < 1.29 is 4.79 Å². The zero-order chi connectivity index (χ0) is 21.7.